The van der Waals surface area contributed by atoms with Gasteiger partial charge in [-0.25, -0.2) is 0 Å². The first kappa shape index (κ1) is 23.6. The first-order valence-electron chi connectivity index (χ1n) is 12.0. The predicted octanol–water partition coefficient (Wildman–Crippen LogP) is 3.65. The molecular weight excluding hydrogens is 422 g/mol. The molecule has 1 aliphatic carbocycles. The third kappa shape index (κ3) is 4.47. The van der Waals surface area contributed by atoms with Gasteiger partial charge in [-0.2, -0.15) is 0 Å². The molecule has 0 saturated heterocycles. The van der Waals surface area contributed by atoms with E-state index in [4.69, 9.17) is 14.2 Å². The quantitative estimate of drug-likeness (QED) is 0.641. The van der Waals surface area contributed by atoms with E-state index in [1.807, 2.05) is 18.2 Å². The molecular formula is C26H35NO6. The molecule has 4 rings (SSSR count). The number of amides is 1. The Morgan fingerprint density at radius 3 is 2.70 bits per heavy atom. The second-order valence-corrected chi connectivity index (χ2v) is 9.85. The molecule has 180 valence electrons. The van der Waals surface area contributed by atoms with Gasteiger partial charge in [-0.3, -0.25) is 9.59 Å². The summed E-state index contributed by atoms with van der Waals surface area (Å²) in [4.78, 5) is 28.4. The number of hydrogen-bond acceptors (Lipinski definition) is 6. The molecule has 1 aromatic carbocycles. The Bertz CT molecular complexity index is 939. The fourth-order valence-electron chi connectivity index (χ4n) is 5.19. The topological polar surface area (TPSA) is 85.3 Å². The number of hydrogen-bond donors (Lipinski definition) is 1. The standard InChI is InChI=1S/C26H35NO6/c1-15(2)9-12-32-20-8-6-17(14-21(20)31-4)23-22-24(29)18-13-16(3)5-7-19(18)33-25(22)26(30)27(23)10-11-28/h6,8,14-16,18-19,23,28H,5,7,9-13H2,1-4H3. The summed E-state index contributed by atoms with van der Waals surface area (Å²) in [6.45, 7) is 6.94. The lowest BCUT2D eigenvalue weighted by Crippen LogP contribution is -2.41. The molecule has 33 heavy (non-hydrogen) atoms. The van der Waals surface area contributed by atoms with Crippen LogP contribution in [0.15, 0.2) is 29.5 Å². The van der Waals surface area contributed by atoms with E-state index in [1.54, 1.807) is 7.11 Å². The Kier molecular flexibility index (Phi) is 6.98. The largest absolute Gasteiger partial charge is 0.493 e. The lowest BCUT2D eigenvalue weighted by molar-refractivity contribution is -0.136. The van der Waals surface area contributed by atoms with E-state index in [2.05, 4.69) is 20.8 Å². The van der Waals surface area contributed by atoms with E-state index in [1.165, 1.54) is 4.90 Å². The Labute approximate surface area is 195 Å². The Balaban J connectivity index is 1.69. The lowest BCUT2D eigenvalue weighted by atomic mass is 9.74. The third-order valence-electron chi connectivity index (χ3n) is 7.00. The van der Waals surface area contributed by atoms with Gasteiger partial charge in [0.25, 0.3) is 5.91 Å². The van der Waals surface area contributed by atoms with E-state index >= 15 is 0 Å². The van der Waals surface area contributed by atoms with E-state index in [9.17, 15) is 14.7 Å². The number of ether oxygens (including phenoxy) is 3. The highest BCUT2D eigenvalue weighted by Crippen LogP contribution is 2.48. The molecule has 1 fully saturated rings. The highest BCUT2D eigenvalue weighted by Gasteiger charge is 2.52. The summed E-state index contributed by atoms with van der Waals surface area (Å²) in [6.07, 6.45) is 3.23. The number of aliphatic hydroxyl groups excluding tert-OH is 1. The smallest absolute Gasteiger partial charge is 0.290 e. The molecule has 4 atom stereocenters. The van der Waals surface area contributed by atoms with Crippen LogP contribution in [0.5, 0.6) is 11.5 Å². The van der Waals surface area contributed by atoms with Gasteiger partial charge in [-0.1, -0.05) is 26.8 Å². The average Bonchev–Trinajstić information content (AvgIpc) is 3.06. The van der Waals surface area contributed by atoms with Gasteiger partial charge in [0.2, 0.25) is 0 Å². The van der Waals surface area contributed by atoms with Crippen molar-refractivity contribution in [3.63, 3.8) is 0 Å². The normalized spacial score (nSPS) is 26.9. The summed E-state index contributed by atoms with van der Waals surface area (Å²) in [5, 5.41) is 9.65. The summed E-state index contributed by atoms with van der Waals surface area (Å²) in [7, 11) is 1.58. The number of fused-ring (bicyclic) bond motifs is 1. The molecule has 1 saturated carbocycles. The van der Waals surface area contributed by atoms with Crippen molar-refractivity contribution in [1.82, 2.24) is 4.90 Å². The van der Waals surface area contributed by atoms with E-state index < -0.39 is 6.04 Å². The molecule has 0 bridgehead atoms. The summed E-state index contributed by atoms with van der Waals surface area (Å²) in [6, 6.07) is 4.91. The number of rotatable bonds is 8. The number of ketones is 1. The van der Waals surface area contributed by atoms with Crippen molar-refractivity contribution in [3.05, 3.63) is 35.1 Å². The van der Waals surface area contributed by atoms with Crippen LogP contribution >= 0.6 is 0 Å². The molecule has 1 aromatic rings. The van der Waals surface area contributed by atoms with Gasteiger partial charge < -0.3 is 24.2 Å². The number of β-amino-alcohol motifs (C(OH)–C–C–N with tert-alkyl or cyclic N) is 1. The van der Waals surface area contributed by atoms with Gasteiger partial charge in [-0.15, -0.1) is 0 Å². The van der Waals surface area contributed by atoms with E-state index in [0.29, 0.717) is 35.5 Å². The van der Waals surface area contributed by atoms with Gasteiger partial charge >= 0.3 is 0 Å². The van der Waals surface area contributed by atoms with Crippen LogP contribution in [0.1, 0.15) is 58.1 Å². The molecule has 0 radical (unpaired) electrons. The van der Waals surface area contributed by atoms with Gasteiger partial charge in [0.15, 0.2) is 23.0 Å². The van der Waals surface area contributed by atoms with Crippen molar-refractivity contribution in [2.24, 2.45) is 17.8 Å². The van der Waals surface area contributed by atoms with Crippen LogP contribution in [0.3, 0.4) is 0 Å². The fourth-order valence-corrected chi connectivity index (χ4v) is 5.19. The molecule has 2 heterocycles. The fraction of sp³-hybridized carbons (Fsp3) is 0.615. The number of aliphatic hydroxyl groups is 1. The van der Waals surface area contributed by atoms with E-state index in [-0.39, 0.29) is 42.6 Å². The molecule has 7 heteroatoms. The highest BCUT2D eigenvalue weighted by molar-refractivity contribution is 6.11. The number of carbonyl (C=O) groups is 2. The summed E-state index contributed by atoms with van der Waals surface area (Å²) in [5.41, 5.74) is 1.16. The van der Waals surface area contributed by atoms with Gasteiger partial charge in [-0.05, 0) is 55.2 Å². The van der Waals surface area contributed by atoms with Crippen LogP contribution < -0.4 is 9.47 Å². The Morgan fingerprint density at radius 2 is 2.00 bits per heavy atom. The van der Waals surface area contributed by atoms with Crippen molar-refractivity contribution in [1.29, 1.82) is 0 Å². The minimum atomic E-state index is -0.607. The minimum absolute atomic E-state index is 0.00261. The molecule has 3 aliphatic rings. The summed E-state index contributed by atoms with van der Waals surface area (Å²) < 4.78 is 17.7. The molecule has 1 amide bonds. The molecule has 0 aromatic heterocycles. The maximum atomic E-state index is 13.7. The second-order valence-electron chi connectivity index (χ2n) is 9.85. The van der Waals surface area contributed by atoms with Crippen LogP contribution in [-0.4, -0.2) is 54.7 Å². The minimum Gasteiger partial charge on any atom is -0.493 e. The van der Waals surface area contributed by atoms with Gasteiger partial charge in [0.05, 0.1) is 37.9 Å². The Hall–Kier alpha value is -2.54. The maximum absolute atomic E-state index is 13.7. The van der Waals surface area contributed by atoms with Crippen LogP contribution in [0, 0.1) is 17.8 Å². The van der Waals surface area contributed by atoms with Crippen LogP contribution in [0.4, 0.5) is 0 Å². The van der Waals surface area contributed by atoms with Crippen LogP contribution in [0.2, 0.25) is 0 Å². The van der Waals surface area contributed by atoms with Crippen LogP contribution in [-0.2, 0) is 14.3 Å². The molecule has 7 nitrogen and oxygen atoms in total. The molecule has 4 unspecified atom stereocenters. The van der Waals surface area contributed by atoms with Crippen molar-refractivity contribution in [2.75, 3.05) is 26.9 Å². The number of nitrogens with zero attached hydrogens (tertiary/aromatic N) is 1. The monoisotopic (exact) mass is 457 g/mol. The maximum Gasteiger partial charge on any atom is 0.290 e. The van der Waals surface area contributed by atoms with Crippen molar-refractivity contribution in [2.45, 2.75) is 58.6 Å². The van der Waals surface area contributed by atoms with Crippen molar-refractivity contribution < 1.29 is 28.9 Å². The van der Waals surface area contributed by atoms with Crippen molar-refractivity contribution in [3.8, 4) is 11.5 Å². The zero-order valence-corrected chi connectivity index (χ0v) is 20.0. The molecule has 2 aliphatic heterocycles. The summed E-state index contributed by atoms with van der Waals surface area (Å²) in [5.74, 6) is 1.77. The number of Topliss-reactive ketones (excluding diaryl/α,β-unsaturated/α-hetero) is 1. The van der Waals surface area contributed by atoms with Gasteiger partial charge in [0, 0.05) is 6.54 Å². The zero-order chi connectivity index (χ0) is 23.7. The predicted molar refractivity (Wildman–Crippen MR) is 123 cm³/mol. The first-order valence-corrected chi connectivity index (χ1v) is 12.0. The number of methoxy groups -OCH3 is 1. The zero-order valence-electron chi connectivity index (χ0n) is 20.0. The number of benzene rings is 1. The van der Waals surface area contributed by atoms with Gasteiger partial charge in [0.1, 0.15) is 6.10 Å². The number of carbonyl (C=O) groups excluding carboxylic acids is 2. The Morgan fingerprint density at radius 1 is 1.21 bits per heavy atom. The SMILES string of the molecule is COc1cc(C2C3=C(OC4CCC(C)CC4C3=O)C(=O)N2CCO)ccc1OCCC(C)C. The van der Waals surface area contributed by atoms with E-state index in [0.717, 1.165) is 31.2 Å². The van der Waals surface area contributed by atoms with Crippen molar-refractivity contribution >= 4 is 11.7 Å². The first-order chi connectivity index (χ1) is 15.8. The van der Waals surface area contributed by atoms with Crippen LogP contribution in [0.25, 0.3) is 0 Å². The second kappa shape index (κ2) is 9.75. The average molecular weight is 458 g/mol. The summed E-state index contributed by atoms with van der Waals surface area (Å²) >= 11 is 0. The molecule has 0 spiro atoms. The molecule has 1 N–H and O–H groups in total. The lowest BCUT2D eigenvalue weighted by Gasteiger charge is -2.37. The third-order valence-corrected chi connectivity index (χ3v) is 7.00. The highest BCUT2D eigenvalue weighted by atomic mass is 16.5.